The number of thiophene rings is 1. The number of ether oxygens (including phenoxy) is 1. The lowest BCUT2D eigenvalue weighted by Crippen LogP contribution is -2.50. The Hall–Kier alpha value is -1.68. The van der Waals surface area contributed by atoms with E-state index in [1.807, 2.05) is 0 Å². The molecule has 1 amide bonds. The molecule has 0 N–H and O–H groups in total. The summed E-state index contributed by atoms with van der Waals surface area (Å²) in [4.78, 5) is 14.0. The number of benzene rings is 1. The summed E-state index contributed by atoms with van der Waals surface area (Å²) in [5.41, 5.74) is 0.199. The highest BCUT2D eigenvalue weighted by molar-refractivity contribution is 7.91. The van der Waals surface area contributed by atoms with Gasteiger partial charge in [0.25, 0.3) is 15.9 Å². The molecule has 2 aromatic rings. The van der Waals surface area contributed by atoms with Gasteiger partial charge in [-0.15, -0.1) is 11.3 Å². The monoisotopic (exact) mass is 418 g/mol. The molecule has 26 heavy (non-hydrogen) atoms. The first-order valence-corrected chi connectivity index (χ1v) is 10.3. The van der Waals surface area contributed by atoms with Crippen molar-refractivity contribution in [3.8, 4) is 5.75 Å². The summed E-state index contributed by atoms with van der Waals surface area (Å²) >= 11 is 6.81. The number of halogens is 2. The van der Waals surface area contributed by atoms with Crippen LogP contribution in [0.4, 0.5) is 4.39 Å². The van der Waals surface area contributed by atoms with Crippen molar-refractivity contribution in [1.29, 1.82) is 0 Å². The first-order valence-electron chi connectivity index (χ1n) is 7.71. The van der Waals surface area contributed by atoms with Gasteiger partial charge in [0.1, 0.15) is 4.21 Å². The number of piperazine rings is 1. The van der Waals surface area contributed by atoms with Crippen LogP contribution in [0.2, 0.25) is 4.34 Å². The quantitative estimate of drug-likeness (QED) is 0.765. The average Bonchev–Trinajstić information content (AvgIpc) is 3.08. The molecule has 1 aliphatic heterocycles. The fourth-order valence-corrected chi connectivity index (χ4v) is 5.74. The molecule has 1 saturated heterocycles. The van der Waals surface area contributed by atoms with Gasteiger partial charge < -0.3 is 9.64 Å². The Morgan fingerprint density at radius 3 is 2.42 bits per heavy atom. The fourth-order valence-electron chi connectivity index (χ4n) is 2.68. The summed E-state index contributed by atoms with van der Waals surface area (Å²) in [6.45, 7) is 0.792. The molecule has 3 rings (SSSR count). The van der Waals surface area contributed by atoms with E-state index in [0.717, 1.165) is 17.4 Å². The third kappa shape index (κ3) is 3.71. The Labute approximate surface area is 159 Å². The van der Waals surface area contributed by atoms with E-state index in [2.05, 4.69) is 0 Å². The van der Waals surface area contributed by atoms with E-state index < -0.39 is 15.8 Å². The Balaban J connectivity index is 1.68. The molecule has 1 fully saturated rings. The van der Waals surface area contributed by atoms with E-state index in [-0.39, 0.29) is 47.6 Å². The molecule has 0 unspecified atom stereocenters. The number of rotatable bonds is 4. The van der Waals surface area contributed by atoms with Crippen molar-refractivity contribution in [1.82, 2.24) is 9.21 Å². The number of hydrogen-bond acceptors (Lipinski definition) is 5. The lowest BCUT2D eigenvalue weighted by atomic mass is 10.1. The van der Waals surface area contributed by atoms with Gasteiger partial charge in [-0.1, -0.05) is 11.6 Å². The number of amides is 1. The molecule has 0 spiro atoms. The van der Waals surface area contributed by atoms with Crippen LogP contribution in [0.1, 0.15) is 10.4 Å². The predicted octanol–water partition coefficient (Wildman–Crippen LogP) is 2.70. The summed E-state index contributed by atoms with van der Waals surface area (Å²) in [5, 5.41) is 0. The van der Waals surface area contributed by atoms with Crippen LogP contribution >= 0.6 is 22.9 Å². The topological polar surface area (TPSA) is 66.9 Å². The van der Waals surface area contributed by atoms with Crippen molar-refractivity contribution < 1.29 is 22.3 Å². The number of sulfonamides is 1. The molecular weight excluding hydrogens is 403 g/mol. The van der Waals surface area contributed by atoms with E-state index in [0.29, 0.717) is 4.34 Å². The number of carbonyl (C=O) groups is 1. The van der Waals surface area contributed by atoms with E-state index in [1.165, 1.54) is 40.6 Å². The summed E-state index contributed by atoms with van der Waals surface area (Å²) < 4.78 is 45.7. The van der Waals surface area contributed by atoms with E-state index in [9.17, 15) is 17.6 Å². The van der Waals surface area contributed by atoms with E-state index >= 15 is 0 Å². The van der Waals surface area contributed by atoms with Crippen LogP contribution in [0.5, 0.6) is 5.75 Å². The number of methoxy groups -OCH3 is 1. The zero-order chi connectivity index (χ0) is 18.9. The van der Waals surface area contributed by atoms with Crippen LogP contribution in [-0.4, -0.2) is 56.8 Å². The maximum Gasteiger partial charge on any atom is 0.254 e. The largest absolute Gasteiger partial charge is 0.494 e. The molecule has 0 bridgehead atoms. The van der Waals surface area contributed by atoms with Crippen LogP contribution in [-0.2, 0) is 10.0 Å². The van der Waals surface area contributed by atoms with E-state index in [1.54, 1.807) is 0 Å². The van der Waals surface area contributed by atoms with Crippen molar-refractivity contribution in [2.75, 3.05) is 33.3 Å². The first-order chi connectivity index (χ1) is 12.3. The third-order valence-corrected chi connectivity index (χ3v) is 7.66. The Kier molecular flexibility index (Phi) is 5.52. The van der Waals surface area contributed by atoms with Gasteiger partial charge in [0.2, 0.25) is 0 Å². The standard InChI is InChI=1S/C16H16ClFN2O4S2/c1-24-13-3-2-11(10-12(13)18)16(21)19-6-8-20(9-7-19)26(22,23)15-5-4-14(17)25-15/h2-5,10H,6-9H2,1H3. The molecule has 2 heterocycles. The smallest absolute Gasteiger partial charge is 0.254 e. The molecule has 0 saturated carbocycles. The predicted molar refractivity (Wildman–Crippen MR) is 96.9 cm³/mol. The van der Waals surface area contributed by atoms with Gasteiger partial charge in [-0.05, 0) is 30.3 Å². The van der Waals surface area contributed by atoms with Crippen LogP contribution in [0.15, 0.2) is 34.5 Å². The van der Waals surface area contributed by atoms with Gasteiger partial charge >= 0.3 is 0 Å². The number of carbonyl (C=O) groups excluding carboxylic acids is 1. The van der Waals surface area contributed by atoms with Crippen molar-refractivity contribution >= 4 is 38.9 Å². The molecule has 6 nitrogen and oxygen atoms in total. The second-order valence-corrected chi connectivity index (χ2v) is 9.48. The van der Waals surface area contributed by atoms with Crippen molar-refractivity contribution in [3.63, 3.8) is 0 Å². The van der Waals surface area contributed by atoms with Crippen molar-refractivity contribution in [2.45, 2.75) is 4.21 Å². The van der Waals surface area contributed by atoms with Gasteiger partial charge in [-0.3, -0.25) is 4.79 Å². The van der Waals surface area contributed by atoms with Crippen molar-refractivity contribution in [3.05, 3.63) is 46.0 Å². The third-order valence-electron chi connectivity index (χ3n) is 4.07. The Bertz CT molecular complexity index is 924. The second kappa shape index (κ2) is 7.51. The normalized spacial score (nSPS) is 15.9. The van der Waals surface area contributed by atoms with Gasteiger partial charge in [-0.2, -0.15) is 4.31 Å². The van der Waals surface area contributed by atoms with Crippen LogP contribution in [0.25, 0.3) is 0 Å². The highest BCUT2D eigenvalue weighted by Crippen LogP contribution is 2.28. The summed E-state index contributed by atoms with van der Waals surface area (Å²) in [7, 11) is -2.27. The zero-order valence-corrected chi connectivity index (χ0v) is 16.2. The SMILES string of the molecule is COc1ccc(C(=O)N2CCN(S(=O)(=O)c3ccc(Cl)s3)CC2)cc1F. The van der Waals surface area contributed by atoms with Gasteiger partial charge in [0, 0.05) is 31.7 Å². The fraction of sp³-hybridized carbons (Fsp3) is 0.312. The average molecular weight is 419 g/mol. The minimum absolute atomic E-state index is 0.0621. The highest BCUT2D eigenvalue weighted by atomic mass is 35.5. The molecule has 1 aliphatic rings. The zero-order valence-electron chi connectivity index (χ0n) is 13.8. The van der Waals surface area contributed by atoms with Crippen LogP contribution in [0.3, 0.4) is 0 Å². The molecule has 0 atom stereocenters. The molecular formula is C16H16ClFN2O4S2. The molecule has 10 heteroatoms. The molecule has 1 aromatic carbocycles. The number of nitrogens with zero attached hydrogens (tertiary/aromatic N) is 2. The summed E-state index contributed by atoms with van der Waals surface area (Å²) in [6.07, 6.45) is 0. The minimum Gasteiger partial charge on any atom is -0.494 e. The van der Waals surface area contributed by atoms with Crippen LogP contribution < -0.4 is 4.74 Å². The minimum atomic E-state index is -3.62. The van der Waals surface area contributed by atoms with Crippen LogP contribution in [0, 0.1) is 5.82 Å². The van der Waals surface area contributed by atoms with Gasteiger partial charge in [-0.25, -0.2) is 12.8 Å². The van der Waals surface area contributed by atoms with Gasteiger partial charge in [0.05, 0.1) is 11.4 Å². The molecule has 0 aliphatic carbocycles. The Morgan fingerprint density at radius 2 is 1.88 bits per heavy atom. The number of hydrogen-bond donors (Lipinski definition) is 0. The molecule has 0 radical (unpaired) electrons. The Morgan fingerprint density at radius 1 is 1.19 bits per heavy atom. The maximum absolute atomic E-state index is 13.8. The highest BCUT2D eigenvalue weighted by Gasteiger charge is 2.31. The van der Waals surface area contributed by atoms with E-state index in [4.69, 9.17) is 16.3 Å². The molecule has 1 aromatic heterocycles. The van der Waals surface area contributed by atoms with Gasteiger partial charge in [0.15, 0.2) is 11.6 Å². The summed E-state index contributed by atoms with van der Waals surface area (Å²) in [5.74, 6) is -0.899. The molecule has 140 valence electrons. The second-order valence-electron chi connectivity index (χ2n) is 5.60. The maximum atomic E-state index is 13.8. The lowest BCUT2D eigenvalue weighted by Gasteiger charge is -2.33. The lowest BCUT2D eigenvalue weighted by molar-refractivity contribution is 0.0697. The summed E-state index contributed by atoms with van der Waals surface area (Å²) in [6, 6.07) is 7.01. The first kappa shape index (κ1) is 19.1. The van der Waals surface area contributed by atoms with Crippen molar-refractivity contribution in [2.24, 2.45) is 0 Å².